The van der Waals surface area contributed by atoms with Crippen LogP contribution < -0.4 is 0 Å². The summed E-state index contributed by atoms with van der Waals surface area (Å²) < 4.78 is 0. The number of hydrogen-bond donors (Lipinski definition) is 0. The van der Waals surface area contributed by atoms with Gasteiger partial charge in [-0.2, -0.15) is 0 Å². The quantitative estimate of drug-likeness (QED) is 0.183. The average molecular weight is 583 g/mol. The summed E-state index contributed by atoms with van der Waals surface area (Å²) >= 11 is 0. The summed E-state index contributed by atoms with van der Waals surface area (Å²) in [5.74, 6) is 0. The van der Waals surface area contributed by atoms with Crippen LogP contribution in [0.2, 0.25) is 0 Å². The molecule has 4 rings (SSSR count). The number of rotatable bonds is 9. The second-order valence-corrected chi connectivity index (χ2v) is 13.4. The van der Waals surface area contributed by atoms with Gasteiger partial charge < -0.3 is 0 Å². The lowest BCUT2D eigenvalue weighted by Gasteiger charge is -2.27. The zero-order valence-electron chi connectivity index (χ0n) is 28.5. The molecule has 0 saturated carbocycles. The van der Waals surface area contributed by atoms with Crippen molar-refractivity contribution in [1.29, 1.82) is 0 Å². The first-order chi connectivity index (χ1) is 20.9. The van der Waals surface area contributed by atoms with E-state index in [-0.39, 0.29) is 10.8 Å². The van der Waals surface area contributed by atoms with E-state index in [9.17, 15) is 0 Å². The number of allylic oxidation sites excluding steroid dienone is 8. The Morgan fingerprint density at radius 1 is 0.545 bits per heavy atom. The molecule has 1 aromatic heterocycles. The molecule has 44 heavy (non-hydrogen) atoms. The maximum absolute atomic E-state index is 5.46. The van der Waals surface area contributed by atoms with E-state index >= 15 is 0 Å². The second-order valence-electron chi connectivity index (χ2n) is 13.4. The highest BCUT2D eigenvalue weighted by molar-refractivity contribution is 5.98. The van der Waals surface area contributed by atoms with Crippen molar-refractivity contribution in [3.05, 3.63) is 119 Å². The van der Waals surface area contributed by atoms with Gasteiger partial charge in [0.05, 0.1) is 22.4 Å². The number of benzene rings is 3. The first kappa shape index (κ1) is 32.9. The SMILES string of the molecule is CCC(C)(CC)/C(C)=C/C=C(\C)c1ccc(/C(C)=C/C=C(\C)C(C)(C)C)c2nc(-c3ccccc3)c(-c3ccccc3)nc12. The monoisotopic (exact) mass is 582 g/mol. The summed E-state index contributed by atoms with van der Waals surface area (Å²) in [7, 11) is 0. The number of fused-ring (bicyclic) bond motifs is 1. The van der Waals surface area contributed by atoms with Gasteiger partial charge in [-0.25, -0.2) is 9.97 Å². The van der Waals surface area contributed by atoms with Crippen LogP contribution in [0.1, 0.15) is 93.2 Å². The van der Waals surface area contributed by atoms with Gasteiger partial charge in [0.25, 0.3) is 0 Å². The predicted octanol–water partition coefficient (Wildman–Crippen LogP) is 12.5. The van der Waals surface area contributed by atoms with Crippen molar-refractivity contribution in [1.82, 2.24) is 9.97 Å². The third-order valence-electron chi connectivity index (χ3n) is 9.63. The van der Waals surface area contributed by atoms with Crippen molar-refractivity contribution >= 4 is 22.2 Å². The van der Waals surface area contributed by atoms with Crippen LogP contribution in [0.4, 0.5) is 0 Å². The summed E-state index contributed by atoms with van der Waals surface area (Å²) in [5, 5.41) is 0. The molecule has 3 aromatic carbocycles. The minimum absolute atomic E-state index is 0.118. The molecule has 2 heteroatoms. The molecule has 0 aliphatic rings. The number of aromatic nitrogens is 2. The van der Waals surface area contributed by atoms with Crippen LogP contribution in [0.15, 0.2) is 108 Å². The minimum atomic E-state index is 0.118. The Bertz CT molecular complexity index is 1720. The lowest BCUT2D eigenvalue weighted by atomic mass is 9.78. The molecule has 228 valence electrons. The van der Waals surface area contributed by atoms with Crippen molar-refractivity contribution in [2.75, 3.05) is 0 Å². The molecule has 0 spiro atoms. The van der Waals surface area contributed by atoms with Crippen molar-refractivity contribution in [3.63, 3.8) is 0 Å². The molecule has 0 amide bonds. The topological polar surface area (TPSA) is 25.8 Å². The van der Waals surface area contributed by atoms with Crippen LogP contribution in [-0.4, -0.2) is 9.97 Å². The standard InChI is InChI=1S/C42H50N2/c1-11-42(10,12-2)32(6)26-24-30(4)36-28-27-35(29(3)23-25-31(5)41(7,8)9)39-40(36)44-38(34-21-17-14-18-22-34)37(43-39)33-19-15-13-16-20-33/h13-28H,11-12H2,1-10H3/b29-23+,30-24+,31-25+,32-26+. The fraction of sp³-hybridized carbons (Fsp3) is 0.333. The molecule has 1 heterocycles. The molecular formula is C42H50N2. The van der Waals surface area contributed by atoms with Crippen molar-refractivity contribution < 1.29 is 0 Å². The van der Waals surface area contributed by atoms with Crippen LogP contribution >= 0.6 is 0 Å². The summed E-state index contributed by atoms with van der Waals surface area (Å²) in [4.78, 5) is 10.9. The van der Waals surface area contributed by atoms with Crippen molar-refractivity contribution in [3.8, 4) is 22.5 Å². The molecule has 0 N–H and O–H groups in total. The van der Waals surface area contributed by atoms with Crippen LogP contribution in [0.5, 0.6) is 0 Å². The fourth-order valence-corrected chi connectivity index (χ4v) is 5.30. The van der Waals surface area contributed by atoms with E-state index in [4.69, 9.17) is 9.97 Å². The van der Waals surface area contributed by atoms with Crippen molar-refractivity contribution in [2.24, 2.45) is 10.8 Å². The van der Waals surface area contributed by atoms with Crippen LogP contribution in [0.25, 0.3) is 44.7 Å². The maximum Gasteiger partial charge on any atom is 0.0976 e. The third-order valence-corrected chi connectivity index (χ3v) is 9.63. The zero-order valence-corrected chi connectivity index (χ0v) is 28.5. The third kappa shape index (κ3) is 7.18. The van der Waals surface area contributed by atoms with Gasteiger partial charge in [0.1, 0.15) is 0 Å². The highest BCUT2D eigenvalue weighted by Gasteiger charge is 2.22. The van der Waals surface area contributed by atoms with Gasteiger partial charge in [0.2, 0.25) is 0 Å². The zero-order chi connectivity index (χ0) is 32.1. The van der Waals surface area contributed by atoms with Gasteiger partial charge in [0.15, 0.2) is 0 Å². The van der Waals surface area contributed by atoms with Gasteiger partial charge in [0, 0.05) is 22.3 Å². The first-order valence-corrected chi connectivity index (χ1v) is 16.1. The molecule has 0 bridgehead atoms. The van der Waals surface area contributed by atoms with E-state index in [1.807, 2.05) is 12.1 Å². The molecule has 0 saturated heterocycles. The average Bonchev–Trinajstić information content (AvgIpc) is 3.04. The van der Waals surface area contributed by atoms with E-state index in [0.717, 1.165) is 57.5 Å². The summed E-state index contributed by atoms with van der Waals surface area (Å²) in [6.45, 7) is 22.5. The minimum Gasteiger partial charge on any atom is -0.243 e. The van der Waals surface area contributed by atoms with Gasteiger partial charge in [-0.3, -0.25) is 0 Å². The molecule has 0 aliphatic heterocycles. The predicted molar refractivity (Wildman–Crippen MR) is 193 cm³/mol. The fourth-order valence-electron chi connectivity index (χ4n) is 5.30. The molecule has 0 fully saturated rings. The number of nitrogens with zero attached hydrogens (tertiary/aromatic N) is 2. The molecule has 0 unspecified atom stereocenters. The summed E-state index contributed by atoms with van der Waals surface area (Å²) in [6, 6.07) is 25.3. The Kier molecular flexibility index (Phi) is 10.3. The Hall–Kier alpha value is -4.04. The van der Waals surface area contributed by atoms with E-state index in [0.29, 0.717) is 0 Å². The Morgan fingerprint density at radius 3 is 1.30 bits per heavy atom. The lowest BCUT2D eigenvalue weighted by Crippen LogP contribution is -2.15. The van der Waals surface area contributed by atoms with Crippen LogP contribution in [0.3, 0.4) is 0 Å². The van der Waals surface area contributed by atoms with Crippen molar-refractivity contribution in [2.45, 2.75) is 82.1 Å². The molecule has 4 aromatic rings. The molecule has 0 aliphatic carbocycles. The molecular weight excluding hydrogens is 532 g/mol. The van der Waals surface area contributed by atoms with Gasteiger partial charge in [-0.05, 0) is 62.5 Å². The Labute approximate surface area is 266 Å². The molecule has 0 atom stereocenters. The smallest absolute Gasteiger partial charge is 0.0976 e. The Morgan fingerprint density at radius 2 is 0.932 bits per heavy atom. The van der Waals surface area contributed by atoms with Crippen LogP contribution in [0, 0.1) is 10.8 Å². The second kappa shape index (κ2) is 13.7. The lowest BCUT2D eigenvalue weighted by molar-refractivity contribution is 0.368. The highest BCUT2D eigenvalue weighted by atomic mass is 14.8. The largest absolute Gasteiger partial charge is 0.243 e. The van der Waals surface area contributed by atoms with E-state index in [1.54, 1.807) is 0 Å². The van der Waals surface area contributed by atoms with Gasteiger partial charge in [-0.1, -0.05) is 150 Å². The van der Waals surface area contributed by atoms with E-state index in [1.165, 1.54) is 22.3 Å². The van der Waals surface area contributed by atoms with Gasteiger partial charge >= 0.3 is 0 Å². The molecule has 2 nitrogen and oxygen atoms in total. The highest BCUT2D eigenvalue weighted by Crippen LogP contribution is 2.37. The maximum atomic E-state index is 5.46. The first-order valence-electron chi connectivity index (χ1n) is 16.1. The normalized spacial score (nSPS) is 14.0. The van der Waals surface area contributed by atoms with E-state index < -0.39 is 0 Å². The summed E-state index contributed by atoms with van der Waals surface area (Å²) in [5.41, 5.74) is 13.4. The molecule has 0 radical (unpaired) electrons. The van der Waals surface area contributed by atoms with E-state index in [2.05, 4.69) is 154 Å². The van der Waals surface area contributed by atoms with Crippen LogP contribution in [-0.2, 0) is 0 Å². The Balaban J connectivity index is 2.04. The number of hydrogen-bond acceptors (Lipinski definition) is 2. The van der Waals surface area contributed by atoms with Gasteiger partial charge in [-0.15, -0.1) is 0 Å². The summed E-state index contributed by atoms with van der Waals surface area (Å²) in [6.07, 6.45) is 11.3.